The molecule has 41 heavy (non-hydrogen) atoms. The van der Waals surface area contributed by atoms with E-state index in [0.717, 1.165) is 53.4 Å². The number of imidazole rings is 1. The van der Waals surface area contributed by atoms with E-state index in [1.165, 1.54) is 0 Å². The van der Waals surface area contributed by atoms with E-state index < -0.39 is 0 Å². The molecule has 1 saturated heterocycles. The smallest absolute Gasteiger partial charge is 0.333 e. The minimum absolute atomic E-state index is 0.0651. The van der Waals surface area contributed by atoms with Gasteiger partial charge in [-0.2, -0.15) is 0 Å². The summed E-state index contributed by atoms with van der Waals surface area (Å²) in [6.45, 7) is 3.72. The van der Waals surface area contributed by atoms with E-state index in [1.807, 2.05) is 58.6 Å². The van der Waals surface area contributed by atoms with Gasteiger partial charge in [0, 0.05) is 18.8 Å². The number of aryl methyl sites for hydroxylation is 1. The Morgan fingerprint density at radius 1 is 1.05 bits per heavy atom. The molecule has 1 amide bonds. The topological polar surface area (TPSA) is 109 Å². The summed E-state index contributed by atoms with van der Waals surface area (Å²) >= 11 is 6.06. The van der Waals surface area contributed by atoms with E-state index in [-0.39, 0.29) is 23.7 Å². The lowest BCUT2D eigenvalue weighted by Gasteiger charge is -2.29. The van der Waals surface area contributed by atoms with Gasteiger partial charge in [-0.1, -0.05) is 28.9 Å². The van der Waals surface area contributed by atoms with Crippen molar-refractivity contribution in [3.05, 3.63) is 81.5 Å². The second kappa shape index (κ2) is 10.4. The van der Waals surface area contributed by atoms with Crippen LogP contribution in [0.5, 0.6) is 0 Å². The fraction of sp³-hybridized carbons (Fsp3) is 0.367. The molecule has 3 aromatic heterocycles. The molecule has 2 aromatic carbocycles. The zero-order valence-electron chi connectivity index (χ0n) is 22.7. The highest BCUT2D eigenvalue weighted by molar-refractivity contribution is 6.30. The zero-order chi connectivity index (χ0) is 28.1. The van der Waals surface area contributed by atoms with Crippen LogP contribution in [0.3, 0.4) is 0 Å². The number of nitrogens with zero attached hydrogens (tertiary/aromatic N) is 6. The summed E-state index contributed by atoms with van der Waals surface area (Å²) in [4.78, 5) is 30.9. The molecule has 1 aliphatic heterocycles. The molecule has 7 rings (SSSR count). The summed E-state index contributed by atoms with van der Waals surface area (Å²) in [7, 11) is 0. The first-order valence-corrected chi connectivity index (χ1v) is 14.4. The van der Waals surface area contributed by atoms with E-state index in [2.05, 4.69) is 20.6 Å². The van der Waals surface area contributed by atoms with Crippen LogP contribution in [-0.4, -0.2) is 54.3 Å². The van der Waals surface area contributed by atoms with Crippen molar-refractivity contribution in [1.82, 2.24) is 34.4 Å². The van der Waals surface area contributed by atoms with Crippen molar-refractivity contribution >= 4 is 39.6 Å². The average Bonchev–Trinajstić information content (AvgIpc) is 3.48. The van der Waals surface area contributed by atoms with Crippen molar-refractivity contribution in [2.45, 2.75) is 51.2 Å². The number of halogens is 1. The van der Waals surface area contributed by atoms with Gasteiger partial charge < -0.3 is 10.1 Å². The molecule has 2 fully saturated rings. The van der Waals surface area contributed by atoms with Crippen LogP contribution >= 0.6 is 11.6 Å². The van der Waals surface area contributed by atoms with Crippen molar-refractivity contribution in [2.75, 3.05) is 13.2 Å². The SMILES string of the molecule is Cc1ncc(Cl)cc1C(=O)NC1CCC(Cn2c(=O)n(-c3ccc4c(c3)nnn4C3COC3)c3ccccc32)CC1. The molecule has 0 unspecified atom stereocenters. The van der Waals surface area contributed by atoms with Gasteiger partial charge in [0.1, 0.15) is 11.6 Å². The van der Waals surface area contributed by atoms with Crippen LogP contribution in [0.15, 0.2) is 59.5 Å². The predicted octanol–water partition coefficient (Wildman–Crippen LogP) is 4.45. The van der Waals surface area contributed by atoms with Gasteiger partial charge >= 0.3 is 5.69 Å². The number of hydrogen-bond donors (Lipinski definition) is 1. The van der Waals surface area contributed by atoms with E-state index in [9.17, 15) is 9.59 Å². The number of para-hydroxylation sites is 2. The first-order chi connectivity index (χ1) is 20.0. The maximum Gasteiger partial charge on any atom is 0.333 e. The summed E-state index contributed by atoms with van der Waals surface area (Å²) in [5.41, 5.74) is 5.34. The Balaban J connectivity index is 1.10. The monoisotopic (exact) mass is 571 g/mol. The average molecular weight is 572 g/mol. The highest BCUT2D eigenvalue weighted by Crippen LogP contribution is 2.29. The lowest BCUT2D eigenvalue weighted by Crippen LogP contribution is -2.39. The third-order valence-corrected chi connectivity index (χ3v) is 8.64. The largest absolute Gasteiger partial charge is 0.377 e. The minimum atomic E-state index is -0.140. The molecule has 1 aliphatic carbocycles. The van der Waals surface area contributed by atoms with Gasteiger partial charge in [0.05, 0.1) is 51.7 Å². The maximum atomic E-state index is 13.9. The molecule has 0 radical (unpaired) electrons. The number of carbonyl (C=O) groups is 1. The highest BCUT2D eigenvalue weighted by atomic mass is 35.5. The number of rotatable bonds is 6. The van der Waals surface area contributed by atoms with Crippen LogP contribution in [0.4, 0.5) is 0 Å². The number of ether oxygens (including phenoxy) is 1. The molecular weight excluding hydrogens is 542 g/mol. The van der Waals surface area contributed by atoms with Gasteiger partial charge in [-0.05, 0) is 74.9 Å². The fourth-order valence-electron chi connectivity index (χ4n) is 6.09. The molecule has 1 N–H and O–H groups in total. The lowest BCUT2D eigenvalue weighted by molar-refractivity contribution is -0.0274. The molecule has 0 bridgehead atoms. The highest BCUT2D eigenvalue weighted by Gasteiger charge is 2.27. The van der Waals surface area contributed by atoms with E-state index in [0.29, 0.717) is 42.0 Å². The number of fused-ring (bicyclic) bond motifs is 2. The van der Waals surface area contributed by atoms with Crippen molar-refractivity contribution in [1.29, 1.82) is 0 Å². The molecule has 5 aromatic rings. The predicted molar refractivity (Wildman–Crippen MR) is 156 cm³/mol. The van der Waals surface area contributed by atoms with E-state index >= 15 is 0 Å². The number of amides is 1. The number of nitrogens with one attached hydrogen (secondary N) is 1. The fourth-order valence-corrected chi connectivity index (χ4v) is 6.24. The number of hydrogen-bond acceptors (Lipinski definition) is 6. The summed E-state index contributed by atoms with van der Waals surface area (Å²) in [6, 6.07) is 15.8. The number of benzene rings is 2. The Morgan fingerprint density at radius 3 is 2.59 bits per heavy atom. The van der Waals surface area contributed by atoms with E-state index in [4.69, 9.17) is 16.3 Å². The van der Waals surface area contributed by atoms with Crippen LogP contribution in [0, 0.1) is 12.8 Å². The van der Waals surface area contributed by atoms with Gasteiger partial charge in [-0.3, -0.25) is 18.9 Å². The van der Waals surface area contributed by atoms with Gasteiger partial charge in [-0.15, -0.1) is 5.10 Å². The van der Waals surface area contributed by atoms with Crippen LogP contribution in [0.1, 0.15) is 47.8 Å². The standard InChI is InChI=1S/C30H30ClN7O3/c1-18-24(12-20(31)14-32-18)29(39)33-21-8-6-19(7-9-21)15-36-27-4-2-3-5-28(27)37(30(36)40)22-10-11-26-25(13-22)34-35-38(26)23-16-41-17-23/h2-5,10-14,19,21,23H,6-9,15-17H2,1H3,(H,33,39). The summed E-state index contributed by atoms with van der Waals surface area (Å²) in [6.07, 6.45) is 5.10. The molecule has 210 valence electrons. The van der Waals surface area contributed by atoms with Crippen LogP contribution in [0.2, 0.25) is 5.02 Å². The Bertz CT molecular complexity index is 1830. The maximum absolute atomic E-state index is 13.9. The normalized spacial score (nSPS) is 19.5. The van der Waals surface area contributed by atoms with Crippen molar-refractivity contribution in [2.24, 2.45) is 5.92 Å². The quantitative estimate of drug-likeness (QED) is 0.322. The van der Waals surface area contributed by atoms with Crippen molar-refractivity contribution in [3.63, 3.8) is 0 Å². The van der Waals surface area contributed by atoms with Crippen LogP contribution in [0.25, 0.3) is 27.8 Å². The van der Waals surface area contributed by atoms with Crippen LogP contribution < -0.4 is 11.0 Å². The molecule has 0 spiro atoms. The van der Waals surface area contributed by atoms with E-state index in [1.54, 1.807) is 16.8 Å². The molecule has 1 saturated carbocycles. The summed E-state index contributed by atoms with van der Waals surface area (Å²) < 4.78 is 10.9. The zero-order valence-corrected chi connectivity index (χ0v) is 23.4. The Kier molecular flexibility index (Phi) is 6.59. The van der Waals surface area contributed by atoms with Gasteiger partial charge in [0.2, 0.25) is 0 Å². The van der Waals surface area contributed by atoms with Gasteiger partial charge in [0.25, 0.3) is 5.91 Å². The third kappa shape index (κ3) is 4.70. The Labute approximate surface area is 240 Å². The first-order valence-electron chi connectivity index (χ1n) is 14.0. The number of carbonyl (C=O) groups excluding carboxylic acids is 1. The lowest BCUT2D eigenvalue weighted by atomic mass is 9.85. The molecule has 10 nitrogen and oxygen atoms in total. The first kappa shape index (κ1) is 25.9. The minimum Gasteiger partial charge on any atom is -0.377 e. The molecular formula is C30H30ClN7O3. The van der Waals surface area contributed by atoms with Gasteiger partial charge in [-0.25, -0.2) is 9.48 Å². The summed E-state index contributed by atoms with van der Waals surface area (Å²) in [5.74, 6) is 0.194. The molecule has 0 atom stereocenters. The Hall–Kier alpha value is -4.02. The second-order valence-corrected chi connectivity index (χ2v) is 11.5. The Morgan fingerprint density at radius 2 is 1.83 bits per heavy atom. The number of pyridine rings is 1. The van der Waals surface area contributed by atoms with Gasteiger partial charge in [0.15, 0.2) is 0 Å². The van der Waals surface area contributed by atoms with Crippen molar-refractivity contribution in [3.8, 4) is 5.69 Å². The number of aromatic nitrogens is 6. The van der Waals surface area contributed by atoms with Crippen LogP contribution in [-0.2, 0) is 11.3 Å². The summed E-state index contributed by atoms with van der Waals surface area (Å²) in [5, 5.41) is 12.3. The van der Waals surface area contributed by atoms with Crippen molar-refractivity contribution < 1.29 is 9.53 Å². The second-order valence-electron chi connectivity index (χ2n) is 11.1. The molecule has 2 aliphatic rings. The molecule has 11 heteroatoms. The molecule has 4 heterocycles. The third-order valence-electron chi connectivity index (χ3n) is 8.44.